The summed E-state index contributed by atoms with van der Waals surface area (Å²) >= 11 is 0. The molecule has 1 atom stereocenters. The molecule has 0 aromatic carbocycles. The van der Waals surface area contributed by atoms with Gasteiger partial charge in [0.15, 0.2) is 0 Å². The molecule has 2 nitrogen and oxygen atoms in total. The lowest BCUT2D eigenvalue weighted by Crippen LogP contribution is -3.00. The number of Topliss-reactive ketones (excluding diaryl/α,β-unsaturated/α-hetero) is 1. The van der Waals surface area contributed by atoms with Gasteiger partial charge in [0.2, 0.25) is 0 Å². The van der Waals surface area contributed by atoms with Crippen LogP contribution in [0.1, 0.15) is 27.2 Å². The first-order valence-corrected chi connectivity index (χ1v) is 5.03. The Balaban J connectivity index is 0. The summed E-state index contributed by atoms with van der Waals surface area (Å²) in [5, 5.41) is 0. The van der Waals surface area contributed by atoms with Crippen molar-refractivity contribution in [1.82, 2.24) is 0 Å². The summed E-state index contributed by atoms with van der Waals surface area (Å²) in [6, 6.07) is 0. The molecule has 0 N–H and O–H groups in total. The van der Waals surface area contributed by atoms with Gasteiger partial charge in [-0.3, -0.25) is 4.79 Å². The van der Waals surface area contributed by atoms with Crippen LogP contribution in [-0.2, 0) is 4.79 Å². The highest BCUT2D eigenvalue weighted by Crippen LogP contribution is 2.15. The third-order valence-electron chi connectivity index (χ3n) is 2.10. The quantitative estimate of drug-likeness (QED) is 0.468. The van der Waals surface area contributed by atoms with Gasteiger partial charge in [0.05, 0.1) is 33.6 Å². The molecule has 0 fully saturated rings. The van der Waals surface area contributed by atoms with Crippen molar-refractivity contribution in [1.29, 1.82) is 0 Å². The second-order valence-corrected chi connectivity index (χ2v) is 5.41. The van der Waals surface area contributed by atoms with Crippen LogP contribution in [0.25, 0.3) is 0 Å². The minimum Gasteiger partial charge on any atom is -1.00 e. The number of hydrogen-bond donors (Lipinski definition) is 0. The van der Waals surface area contributed by atoms with E-state index in [2.05, 4.69) is 35.0 Å². The third-order valence-corrected chi connectivity index (χ3v) is 2.10. The first-order valence-electron chi connectivity index (χ1n) is 5.03. The van der Waals surface area contributed by atoms with Crippen molar-refractivity contribution in [3.63, 3.8) is 0 Å². The zero-order chi connectivity index (χ0) is 10.6. The number of hydrogen-bond acceptors (Lipinski definition) is 1. The van der Waals surface area contributed by atoms with E-state index in [1.165, 1.54) is 0 Å². The van der Waals surface area contributed by atoms with Gasteiger partial charge in [0.1, 0.15) is 5.78 Å². The van der Waals surface area contributed by atoms with Gasteiger partial charge < -0.3 is 28.5 Å². The van der Waals surface area contributed by atoms with E-state index < -0.39 is 0 Å². The third kappa shape index (κ3) is 8.94. The normalized spacial score (nSPS) is 13.6. The molecule has 0 bridgehead atoms. The summed E-state index contributed by atoms with van der Waals surface area (Å²) in [4.78, 5) is 11.3. The maximum absolute atomic E-state index is 11.3. The predicted octanol–water partition coefficient (Wildman–Crippen LogP) is -1.05. The van der Waals surface area contributed by atoms with Crippen LogP contribution < -0.4 is 24.0 Å². The van der Waals surface area contributed by atoms with Gasteiger partial charge in [0, 0.05) is 0 Å². The summed E-state index contributed by atoms with van der Waals surface area (Å²) in [6.07, 6.45) is 1.02. The molecule has 0 aliphatic carbocycles. The van der Waals surface area contributed by atoms with Crippen molar-refractivity contribution in [2.75, 3.05) is 27.7 Å². The van der Waals surface area contributed by atoms with Gasteiger partial charge in [0.25, 0.3) is 0 Å². The molecule has 0 unspecified atom stereocenters. The first kappa shape index (κ1) is 16.8. The van der Waals surface area contributed by atoms with Crippen LogP contribution in [0.2, 0.25) is 0 Å². The fraction of sp³-hybridized carbons (Fsp3) is 0.909. The molecular weight excluding hydrogens is 289 g/mol. The summed E-state index contributed by atoms with van der Waals surface area (Å²) < 4.78 is 0.872. The van der Waals surface area contributed by atoms with Crippen LogP contribution in [0.5, 0.6) is 0 Å². The van der Waals surface area contributed by atoms with Crippen LogP contribution in [-0.4, -0.2) is 38.0 Å². The lowest BCUT2D eigenvalue weighted by atomic mass is 9.93. The highest BCUT2D eigenvalue weighted by Gasteiger charge is 2.22. The Morgan fingerprint density at radius 1 is 1.21 bits per heavy atom. The van der Waals surface area contributed by atoms with Crippen molar-refractivity contribution in [2.24, 2.45) is 11.8 Å². The Bertz CT molecular complexity index is 173. The standard InChI is InChI=1S/C11H24NO.HI/c1-9(2)7-11(10(3)13)8-12(4,5)6;/h9,11H,7-8H2,1-6H3;1H/q+1;/p-1/t11-;/m0./s1. The minimum atomic E-state index is 0. The molecule has 0 radical (unpaired) electrons. The van der Waals surface area contributed by atoms with Gasteiger partial charge >= 0.3 is 0 Å². The number of carbonyl (C=O) groups excluding carboxylic acids is 1. The Hall–Kier alpha value is 0.360. The van der Waals surface area contributed by atoms with E-state index in [0.717, 1.165) is 17.4 Å². The zero-order valence-corrected chi connectivity index (χ0v) is 12.5. The van der Waals surface area contributed by atoms with Gasteiger partial charge in [-0.1, -0.05) is 13.8 Å². The van der Waals surface area contributed by atoms with Crippen LogP contribution in [0.15, 0.2) is 0 Å². The summed E-state index contributed by atoms with van der Waals surface area (Å²) in [5.41, 5.74) is 0. The van der Waals surface area contributed by atoms with Crippen LogP contribution in [0, 0.1) is 11.8 Å². The molecule has 0 rings (SSSR count). The Morgan fingerprint density at radius 3 is 1.86 bits per heavy atom. The second kappa shape index (κ2) is 6.77. The van der Waals surface area contributed by atoms with Crippen molar-refractivity contribution in [2.45, 2.75) is 27.2 Å². The zero-order valence-electron chi connectivity index (χ0n) is 10.3. The van der Waals surface area contributed by atoms with Crippen LogP contribution in [0.3, 0.4) is 0 Å². The molecule has 0 aromatic rings. The Morgan fingerprint density at radius 2 is 1.64 bits per heavy atom. The number of rotatable bonds is 5. The number of carbonyl (C=O) groups is 1. The van der Waals surface area contributed by atoms with E-state index in [1.54, 1.807) is 6.92 Å². The molecule has 0 aromatic heterocycles. The summed E-state index contributed by atoms with van der Waals surface area (Å²) in [7, 11) is 6.41. The molecular formula is C11H24INO. The monoisotopic (exact) mass is 313 g/mol. The molecule has 0 aliphatic heterocycles. The minimum absolute atomic E-state index is 0. The fourth-order valence-electron chi connectivity index (χ4n) is 1.60. The van der Waals surface area contributed by atoms with E-state index >= 15 is 0 Å². The van der Waals surface area contributed by atoms with Crippen molar-refractivity contribution < 1.29 is 33.3 Å². The molecule has 0 heterocycles. The Kier molecular flexibility index (Phi) is 8.12. The largest absolute Gasteiger partial charge is 1.00 e. The van der Waals surface area contributed by atoms with E-state index in [9.17, 15) is 4.79 Å². The molecule has 0 saturated carbocycles. The van der Waals surface area contributed by atoms with E-state index in [1.807, 2.05) is 0 Å². The van der Waals surface area contributed by atoms with Crippen LogP contribution >= 0.6 is 0 Å². The van der Waals surface area contributed by atoms with Gasteiger partial charge in [-0.25, -0.2) is 0 Å². The highest BCUT2D eigenvalue weighted by atomic mass is 127. The first-order chi connectivity index (χ1) is 5.72. The number of halogens is 1. The summed E-state index contributed by atoms with van der Waals surface area (Å²) in [6.45, 7) is 7.01. The maximum atomic E-state index is 11.3. The molecule has 0 aliphatic rings. The lowest BCUT2D eigenvalue weighted by molar-refractivity contribution is -0.872. The topological polar surface area (TPSA) is 17.1 Å². The van der Waals surface area contributed by atoms with E-state index in [-0.39, 0.29) is 29.9 Å². The average Bonchev–Trinajstić information content (AvgIpc) is 1.81. The second-order valence-electron chi connectivity index (χ2n) is 5.41. The van der Waals surface area contributed by atoms with E-state index in [4.69, 9.17) is 0 Å². The molecule has 0 amide bonds. The maximum Gasteiger partial charge on any atom is 0.138 e. The molecule has 86 valence electrons. The Labute approximate surface area is 106 Å². The van der Waals surface area contributed by atoms with Gasteiger partial charge in [-0.15, -0.1) is 0 Å². The number of quaternary nitrogens is 1. The van der Waals surface area contributed by atoms with Gasteiger partial charge in [-0.2, -0.15) is 0 Å². The van der Waals surface area contributed by atoms with Gasteiger partial charge in [-0.05, 0) is 19.3 Å². The SMILES string of the molecule is CC(=O)[C@@H](CC(C)C)C[N+](C)(C)C.[I-]. The molecule has 0 spiro atoms. The van der Waals surface area contributed by atoms with Crippen LogP contribution in [0.4, 0.5) is 0 Å². The predicted molar refractivity (Wildman–Crippen MR) is 56.5 cm³/mol. The fourth-order valence-corrected chi connectivity index (χ4v) is 1.60. The van der Waals surface area contributed by atoms with Crippen molar-refractivity contribution in [3.05, 3.63) is 0 Å². The molecule has 3 heteroatoms. The average molecular weight is 313 g/mol. The number of nitrogens with zero attached hydrogens (tertiary/aromatic N) is 1. The van der Waals surface area contributed by atoms with Crippen molar-refractivity contribution in [3.8, 4) is 0 Å². The molecule has 14 heavy (non-hydrogen) atoms. The lowest BCUT2D eigenvalue weighted by Gasteiger charge is -2.28. The highest BCUT2D eigenvalue weighted by molar-refractivity contribution is 5.78. The smallest absolute Gasteiger partial charge is 0.138 e. The molecule has 0 saturated heterocycles. The van der Waals surface area contributed by atoms with E-state index in [0.29, 0.717) is 11.7 Å². The number of ketones is 1. The summed E-state index contributed by atoms with van der Waals surface area (Å²) in [5.74, 6) is 1.18. The van der Waals surface area contributed by atoms with Crippen molar-refractivity contribution >= 4 is 5.78 Å².